The van der Waals surface area contributed by atoms with Crippen LogP contribution in [0, 0.1) is 0 Å². The number of aliphatic hydroxyl groups excluding tert-OH is 1. The van der Waals surface area contributed by atoms with E-state index in [4.69, 9.17) is 0 Å². The van der Waals surface area contributed by atoms with Crippen LogP contribution in [0.15, 0.2) is 24.3 Å². The summed E-state index contributed by atoms with van der Waals surface area (Å²) in [7, 11) is 0. The van der Waals surface area contributed by atoms with Crippen molar-refractivity contribution < 1.29 is 5.11 Å². The van der Waals surface area contributed by atoms with E-state index in [1.54, 1.807) is 0 Å². The predicted octanol–water partition coefficient (Wildman–Crippen LogP) is 3.67. The summed E-state index contributed by atoms with van der Waals surface area (Å²) in [4.78, 5) is 4.60. The van der Waals surface area contributed by atoms with Gasteiger partial charge >= 0.3 is 0 Å². The van der Waals surface area contributed by atoms with Crippen LogP contribution in [0.1, 0.15) is 51.5 Å². The lowest BCUT2D eigenvalue weighted by atomic mass is 10.2. The molecule has 1 N–H and O–H groups in total. The molecular formula is C15H22N2O. The minimum Gasteiger partial charge on any atom is -0.385 e. The van der Waals surface area contributed by atoms with Crippen molar-refractivity contribution in [1.29, 1.82) is 0 Å². The van der Waals surface area contributed by atoms with Gasteiger partial charge in [-0.2, -0.15) is 0 Å². The van der Waals surface area contributed by atoms with Crippen LogP contribution in [0.5, 0.6) is 0 Å². The molecule has 1 atom stereocenters. The summed E-state index contributed by atoms with van der Waals surface area (Å²) in [5.41, 5.74) is 2.12. The number of para-hydroxylation sites is 2. The lowest BCUT2D eigenvalue weighted by molar-refractivity contribution is 0.152. The van der Waals surface area contributed by atoms with Crippen LogP contribution >= 0.6 is 0 Å². The molecule has 1 aromatic carbocycles. The Morgan fingerprint density at radius 3 is 2.72 bits per heavy atom. The Morgan fingerprint density at radius 2 is 2.00 bits per heavy atom. The normalized spacial score (nSPS) is 13.1. The second-order valence-corrected chi connectivity index (χ2v) is 4.77. The lowest BCUT2D eigenvalue weighted by Gasteiger charge is -2.12. The zero-order chi connectivity index (χ0) is 13.0. The third-order valence-electron chi connectivity index (χ3n) is 3.28. The van der Waals surface area contributed by atoms with Crippen molar-refractivity contribution in [2.75, 3.05) is 0 Å². The quantitative estimate of drug-likeness (QED) is 0.844. The van der Waals surface area contributed by atoms with E-state index in [1.165, 1.54) is 0 Å². The third kappa shape index (κ3) is 2.56. The fourth-order valence-electron chi connectivity index (χ4n) is 2.30. The smallest absolute Gasteiger partial charge is 0.138 e. The summed E-state index contributed by atoms with van der Waals surface area (Å²) in [6, 6.07) is 8.12. The Balaban J connectivity index is 2.42. The molecule has 0 aliphatic rings. The first-order valence-corrected chi connectivity index (χ1v) is 6.91. The van der Waals surface area contributed by atoms with Crippen molar-refractivity contribution in [2.45, 2.75) is 52.2 Å². The fraction of sp³-hybridized carbons (Fsp3) is 0.533. The highest BCUT2D eigenvalue weighted by Gasteiger charge is 2.16. The number of aryl methyl sites for hydroxylation is 1. The Kier molecular flexibility index (Phi) is 4.37. The number of fused-ring (bicyclic) bond motifs is 1. The molecule has 2 rings (SSSR count). The van der Waals surface area contributed by atoms with E-state index in [0.717, 1.165) is 49.1 Å². The fourth-order valence-corrected chi connectivity index (χ4v) is 2.30. The number of aliphatic hydroxyl groups is 1. The summed E-state index contributed by atoms with van der Waals surface area (Å²) >= 11 is 0. The average Bonchev–Trinajstić information content (AvgIpc) is 2.75. The number of benzene rings is 1. The maximum atomic E-state index is 10.2. The molecule has 1 aromatic heterocycles. The minimum absolute atomic E-state index is 0.445. The molecule has 1 unspecified atom stereocenters. The highest BCUT2D eigenvalue weighted by Crippen LogP contribution is 2.24. The van der Waals surface area contributed by atoms with Gasteiger partial charge in [0.2, 0.25) is 0 Å². The monoisotopic (exact) mass is 246 g/mol. The van der Waals surface area contributed by atoms with Gasteiger partial charge in [-0.1, -0.05) is 38.8 Å². The van der Waals surface area contributed by atoms with Gasteiger partial charge in [-0.3, -0.25) is 0 Å². The molecule has 0 spiro atoms. The van der Waals surface area contributed by atoms with E-state index in [0.29, 0.717) is 0 Å². The molecule has 0 amide bonds. The topological polar surface area (TPSA) is 38.0 Å². The number of aromatic nitrogens is 2. The molecule has 0 bridgehead atoms. The van der Waals surface area contributed by atoms with Crippen LogP contribution in [-0.4, -0.2) is 14.7 Å². The summed E-state index contributed by atoms with van der Waals surface area (Å²) in [6.45, 7) is 5.21. The van der Waals surface area contributed by atoms with Crippen molar-refractivity contribution >= 4 is 11.0 Å². The molecule has 0 fully saturated rings. The van der Waals surface area contributed by atoms with Crippen molar-refractivity contribution in [1.82, 2.24) is 9.55 Å². The van der Waals surface area contributed by atoms with Gasteiger partial charge in [0.15, 0.2) is 0 Å². The Morgan fingerprint density at radius 1 is 1.22 bits per heavy atom. The van der Waals surface area contributed by atoms with Crippen molar-refractivity contribution in [3.05, 3.63) is 30.1 Å². The molecule has 0 radical (unpaired) electrons. The van der Waals surface area contributed by atoms with Gasteiger partial charge in [0, 0.05) is 6.54 Å². The van der Waals surface area contributed by atoms with Crippen LogP contribution in [0.3, 0.4) is 0 Å². The van der Waals surface area contributed by atoms with E-state index >= 15 is 0 Å². The standard InChI is InChI=1S/C15H22N2O/c1-3-5-11-17-13-10-7-6-9-12(13)16-15(17)14(18)8-4-2/h6-7,9-10,14,18H,3-5,8,11H2,1-2H3. The van der Waals surface area contributed by atoms with Gasteiger partial charge in [-0.25, -0.2) is 4.98 Å². The number of hydrogen-bond donors (Lipinski definition) is 1. The van der Waals surface area contributed by atoms with Gasteiger partial charge in [0.1, 0.15) is 11.9 Å². The molecule has 1 heterocycles. The predicted molar refractivity (Wildman–Crippen MR) is 74.5 cm³/mol. The molecule has 98 valence electrons. The molecule has 0 saturated heterocycles. The first kappa shape index (κ1) is 13.1. The Hall–Kier alpha value is -1.35. The van der Waals surface area contributed by atoms with E-state index in [2.05, 4.69) is 29.5 Å². The highest BCUT2D eigenvalue weighted by atomic mass is 16.3. The molecule has 18 heavy (non-hydrogen) atoms. The Bertz CT molecular complexity index is 504. The van der Waals surface area contributed by atoms with E-state index < -0.39 is 6.10 Å². The molecule has 0 aliphatic carbocycles. The number of imidazole rings is 1. The zero-order valence-corrected chi connectivity index (χ0v) is 11.3. The number of nitrogens with zero attached hydrogens (tertiary/aromatic N) is 2. The van der Waals surface area contributed by atoms with Gasteiger partial charge in [0.05, 0.1) is 11.0 Å². The summed E-state index contributed by atoms with van der Waals surface area (Å²) in [5, 5.41) is 10.2. The first-order chi connectivity index (χ1) is 8.77. The highest BCUT2D eigenvalue weighted by molar-refractivity contribution is 5.75. The number of hydrogen-bond acceptors (Lipinski definition) is 2. The Labute approximate surface area is 108 Å². The van der Waals surface area contributed by atoms with Gasteiger partial charge < -0.3 is 9.67 Å². The summed E-state index contributed by atoms with van der Waals surface area (Å²) < 4.78 is 2.18. The molecule has 2 aromatic rings. The van der Waals surface area contributed by atoms with Crippen LogP contribution in [0.25, 0.3) is 11.0 Å². The van der Waals surface area contributed by atoms with E-state index in [1.807, 2.05) is 18.2 Å². The second-order valence-electron chi connectivity index (χ2n) is 4.77. The van der Waals surface area contributed by atoms with Crippen LogP contribution in [0.4, 0.5) is 0 Å². The zero-order valence-electron chi connectivity index (χ0n) is 11.3. The maximum Gasteiger partial charge on any atom is 0.138 e. The van der Waals surface area contributed by atoms with Crippen LogP contribution < -0.4 is 0 Å². The lowest BCUT2D eigenvalue weighted by Crippen LogP contribution is -2.09. The van der Waals surface area contributed by atoms with Crippen LogP contribution in [0.2, 0.25) is 0 Å². The maximum absolute atomic E-state index is 10.2. The largest absolute Gasteiger partial charge is 0.385 e. The average molecular weight is 246 g/mol. The van der Waals surface area contributed by atoms with E-state index in [-0.39, 0.29) is 0 Å². The van der Waals surface area contributed by atoms with Gasteiger partial charge in [-0.15, -0.1) is 0 Å². The minimum atomic E-state index is -0.445. The van der Waals surface area contributed by atoms with Crippen molar-refractivity contribution in [3.63, 3.8) is 0 Å². The van der Waals surface area contributed by atoms with Crippen molar-refractivity contribution in [3.8, 4) is 0 Å². The van der Waals surface area contributed by atoms with Crippen molar-refractivity contribution in [2.24, 2.45) is 0 Å². The molecule has 3 nitrogen and oxygen atoms in total. The van der Waals surface area contributed by atoms with Gasteiger partial charge in [0.25, 0.3) is 0 Å². The number of unbranched alkanes of at least 4 members (excludes halogenated alkanes) is 1. The van der Waals surface area contributed by atoms with Gasteiger partial charge in [-0.05, 0) is 25.0 Å². The first-order valence-electron chi connectivity index (χ1n) is 6.91. The summed E-state index contributed by atoms with van der Waals surface area (Å²) in [5.74, 6) is 0.825. The van der Waals surface area contributed by atoms with Crippen LogP contribution in [-0.2, 0) is 6.54 Å². The second kappa shape index (κ2) is 6.01. The molecule has 0 aliphatic heterocycles. The third-order valence-corrected chi connectivity index (χ3v) is 3.28. The molecular weight excluding hydrogens is 224 g/mol. The molecule has 0 saturated carbocycles. The number of rotatable bonds is 6. The summed E-state index contributed by atoms with van der Waals surface area (Å²) in [6.07, 6.45) is 3.56. The molecule has 3 heteroatoms. The SMILES string of the molecule is CCCCn1c(C(O)CCC)nc2ccccc21. The van der Waals surface area contributed by atoms with E-state index in [9.17, 15) is 5.11 Å².